The fourth-order valence-corrected chi connectivity index (χ4v) is 2.46. The Morgan fingerprint density at radius 3 is 1.39 bits per heavy atom. The maximum absolute atomic E-state index is 10.5. The van der Waals surface area contributed by atoms with Gasteiger partial charge in [-0.1, -0.05) is 0 Å². The van der Waals surface area contributed by atoms with Gasteiger partial charge in [-0.3, -0.25) is 18.8 Å². The van der Waals surface area contributed by atoms with Crippen molar-refractivity contribution in [2.75, 3.05) is 19.1 Å². The molecule has 0 amide bonds. The average Bonchev–Trinajstić information content (AvgIpc) is 1.73. The maximum atomic E-state index is 10.5. The Bertz CT molecular complexity index is 304. The molecule has 0 aromatic carbocycles. The van der Waals surface area contributed by atoms with Crippen LogP contribution in [0.2, 0.25) is 0 Å². The molecule has 11 nitrogen and oxygen atoms in total. The molecule has 18 heavy (non-hydrogen) atoms. The summed E-state index contributed by atoms with van der Waals surface area (Å²) in [7, 11) is -9.09. The predicted octanol–water partition coefficient (Wildman–Crippen LogP) is -1.04. The molecule has 0 aromatic rings. The van der Waals surface area contributed by atoms with Gasteiger partial charge in [0.2, 0.25) is 0 Å². The smallest absolute Gasteiger partial charge is 0.339 e. The fraction of sp³-hybridized carbons (Fsp3) is 0.750. The van der Waals surface area contributed by atoms with Crippen molar-refractivity contribution in [2.45, 2.75) is 0 Å². The first-order chi connectivity index (χ1) is 6.49. The summed E-state index contributed by atoms with van der Waals surface area (Å²) in [6.45, 7) is -0.851. The second kappa shape index (κ2) is 10.2. The number of carboxylic acid groups (broad SMARTS) is 1. The Morgan fingerprint density at radius 1 is 0.944 bits per heavy atom. The maximum Gasteiger partial charge on any atom is 0.339 e. The first-order valence-corrected chi connectivity index (χ1v) is 7.12. The van der Waals surface area contributed by atoms with Gasteiger partial charge in [-0.05, 0) is 0 Å². The number of nitrogens with zero attached hydrogens (tertiary/aromatic N) is 1. The first-order valence-electron chi connectivity index (χ1n) is 3.53. The van der Waals surface area contributed by atoms with E-state index in [1.165, 1.54) is 0 Å². The van der Waals surface area contributed by atoms with Crippen LogP contribution in [-0.2, 0) is 35.0 Å². The molecule has 0 fully saturated rings. The molecule has 0 unspecified atom stereocenters. The van der Waals surface area contributed by atoms with Gasteiger partial charge in [0.05, 0.1) is 6.54 Å². The zero-order chi connectivity index (χ0) is 12.3. The summed E-state index contributed by atoms with van der Waals surface area (Å²) in [6, 6.07) is 0. The van der Waals surface area contributed by atoms with E-state index < -0.39 is 40.3 Å². The molecule has 0 aliphatic heterocycles. The number of carboxylic acids is 1. The summed E-state index contributed by atoms with van der Waals surface area (Å²) in [5.74, 6) is -1.43. The third-order valence-electron chi connectivity index (χ3n) is 1.13. The summed E-state index contributed by atoms with van der Waals surface area (Å²) in [6.07, 6.45) is -2.02. The summed E-state index contributed by atoms with van der Waals surface area (Å²) < 4.78 is 21.0. The van der Waals surface area contributed by atoms with Crippen LogP contribution in [0.4, 0.5) is 0 Å². The fourth-order valence-electron chi connectivity index (χ4n) is 0.857. The quantitative estimate of drug-likeness (QED) is 0.222. The molecule has 14 heteroatoms. The predicted molar refractivity (Wildman–Crippen MR) is 58.2 cm³/mol. The van der Waals surface area contributed by atoms with Crippen LogP contribution in [0.15, 0.2) is 0 Å². The monoisotopic (exact) mass is 492 g/mol. The Hall–Kier alpha value is 0.338. The molecule has 0 atom stereocenters. The van der Waals surface area contributed by atoms with Crippen LogP contribution in [0.3, 0.4) is 0 Å². The van der Waals surface area contributed by atoms with Crippen molar-refractivity contribution in [1.29, 1.82) is 0 Å². The number of hydrogen-bond acceptors (Lipinski definition) is 6. The van der Waals surface area contributed by atoms with Gasteiger partial charge in [-0.15, -0.1) is 0 Å². The minimum Gasteiger partial charge on any atom is -0.480 e. The molecular formula is C4H17N3O8P2Pt. The zero-order valence-electron chi connectivity index (χ0n) is 9.15. The van der Waals surface area contributed by atoms with Crippen LogP contribution in [-0.4, -0.2) is 54.7 Å². The summed E-state index contributed by atoms with van der Waals surface area (Å²) in [5, 5.41) is 8.33. The standard InChI is InChI=1S/C4H11NO8P2.2H3N.Pt/c6-4(7)1-5(2-14(8,9)10)3-15(11,12)13;;;/h1-3H2,(H,6,7)(H2,8,9,10)(H2,11,12,13);2*1H3;. The van der Waals surface area contributed by atoms with E-state index in [9.17, 15) is 13.9 Å². The second-order valence-electron chi connectivity index (χ2n) is 2.83. The molecule has 0 radical (unpaired) electrons. The molecule has 0 aromatic heterocycles. The summed E-state index contributed by atoms with van der Waals surface area (Å²) >= 11 is 0. The summed E-state index contributed by atoms with van der Waals surface area (Å²) in [4.78, 5) is 44.8. The zero-order valence-corrected chi connectivity index (χ0v) is 13.2. The minimum atomic E-state index is -4.54. The van der Waals surface area contributed by atoms with Gasteiger partial charge in [0.1, 0.15) is 12.6 Å². The van der Waals surface area contributed by atoms with Gasteiger partial charge in [0, 0.05) is 21.1 Å². The van der Waals surface area contributed by atoms with E-state index >= 15 is 0 Å². The number of hydrogen-bond donors (Lipinski definition) is 7. The Morgan fingerprint density at radius 2 is 1.22 bits per heavy atom. The Labute approximate surface area is 117 Å². The van der Waals surface area contributed by atoms with Crippen molar-refractivity contribution < 1.29 is 59.7 Å². The molecule has 0 aliphatic carbocycles. The molecule has 0 bridgehead atoms. The van der Waals surface area contributed by atoms with Crippen LogP contribution < -0.4 is 12.3 Å². The van der Waals surface area contributed by atoms with Crippen LogP contribution in [0.25, 0.3) is 0 Å². The first kappa shape index (κ1) is 26.8. The van der Waals surface area contributed by atoms with Crippen molar-refractivity contribution in [3.05, 3.63) is 0 Å². The van der Waals surface area contributed by atoms with Gasteiger partial charge in [-0.25, -0.2) is 0 Å². The van der Waals surface area contributed by atoms with Crippen LogP contribution in [0.5, 0.6) is 0 Å². The van der Waals surface area contributed by atoms with E-state index in [-0.39, 0.29) is 33.4 Å². The topological polar surface area (TPSA) is 226 Å². The third-order valence-corrected chi connectivity index (χ3v) is 2.66. The van der Waals surface area contributed by atoms with E-state index in [4.69, 9.17) is 24.7 Å². The van der Waals surface area contributed by atoms with E-state index in [1.807, 2.05) is 0 Å². The molecule has 0 aliphatic rings. The van der Waals surface area contributed by atoms with Crippen molar-refractivity contribution in [1.82, 2.24) is 17.2 Å². The van der Waals surface area contributed by atoms with E-state index in [2.05, 4.69) is 0 Å². The van der Waals surface area contributed by atoms with Gasteiger partial charge in [0.25, 0.3) is 0 Å². The number of aliphatic carboxylic acids is 1. The van der Waals surface area contributed by atoms with Crippen molar-refractivity contribution >= 4 is 21.2 Å². The number of rotatable bonds is 6. The average molecular weight is 492 g/mol. The van der Waals surface area contributed by atoms with Crippen molar-refractivity contribution in [3.63, 3.8) is 0 Å². The molecule has 0 spiro atoms. The Kier molecular flexibility index (Phi) is 15.1. The molecule has 0 saturated carbocycles. The van der Waals surface area contributed by atoms with Gasteiger partial charge < -0.3 is 37.0 Å². The van der Waals surface area contributed by atoms with Gasteiger partial charge in [0.15, 0.2) is 0 Å². The van der Waals surface area contributed by atoms with E-state index in [1.54, 1.807) is 0 Å². The van der Waals surface area contributed by atoms with Crippen LogP contribution >= 0.6 is 15.2 Å². The molecule has 11 N–H and O–H groups in total. The van der Waals surface area contributed by atoms with Crippen molar-refractivity contribution in [2.24, 2.45) is 0 Å². The van der Waals surface area contributed by atoms with E-state index in [0.717, 1.165) is 0 Å². The minimum absolute atomic E-state index is 0. The Balaban J connectivity index is -0.000000327. The largest absolute Gasteiger partial charge is 0.480 e. The molecule has 0 saturated heterocycles. The third kappa shape index (κ3) is 18.7. The SMILES string of the molecule is N.N.O=C(O)CN(CP(=O)(O)O)CP(=O)(O)O.[Pt]. The second-order valence-corrected chi connectivity index (χ2v) is 6.06. The van der Waals surface area contributed by atoms with Crippen molar-refractivity contribution in [3.8, 4) is 0 Å². The van der Waals surface area contributed by atoms with Crippen LogP contribution in [0.1, 0.15) is 0 Å². The normalized spacial score (nSPS) is 10.9. The molecular weight excluding hydrogens is 475 g/mol. The van der Waals surface area contributed by atoms with Crippen LogP contribution in [0, 0.1) is 0 Å². The summed E-state index contributed by atoms with van der Waals surface area (Å²) in [5.41, 5.74) is 0. The molecule has 116 valence electrons. The van der Waals surface area contributed by atoms with E-state index in [0.29, 0.717) is 4.90 Å². The molecule has 0 rings (SSSR count). The number of carbonyl (C=O) groups is 1. The van der Waals surface area contributed by atoms with Gasteiger partial charge in [-0.2, -0.15) is 0 Å². The molecule has 0 heterocycles. The van der Waals surface area contributed by atoms with Gasteiger partial charge >= 0.3 is 21.2 Å².